The van der Waals surface area contributed by atoms with E-state index in [1.165, 1.54) is 17.5 Å². The van der Waals surface area contributed by atoms with Crippen LogP contribution in [0.4, 0.5) is 5.69 Å². The minimum absolute atomic E-state index is 0.0559. The van der Waals surface area contributed by atoms with Gasteiger partial charge in [0.1, 0.15) is 0 Å². The Morgan fingerprint density at radius 2 is 2.24 bits per heavy atom. The van der Waals surface area contributed by atoms with Crippen molar-refractivity contribution in [2.45, 2.75) is 44.7 Å². The number of rotatable bonds is 7. The highest BCUT2D eigenvalue weighted by Gasteiger charge is 2.20. The number of unbranched alkanes of at least 4 members (excludes halogenated alkanes) is 2. The maximum absolute atomic E-state index is 11.7. The monoisotopic (exact) mass is 237 g/mol. The molecule has 1 aromatic heterocycles. The Labute approximate surface area is 100 Å². The van der Waals surface area contributed by atoms with E-state index in [1.807, 2.05) is 0 Å². The van der Waals surface area contributed by atoms with E-state index in [4.69, 9.17) is 5.11 Å². The van der Waals surface area contributed by atoms with Crippen LogP contribution < -0.4 is 10.9 Å². The molecule has 0 bridgehead atoms. The van der Waals surface area contributed by atoms with Gasteiger partial charge in [0.15, 0.2) is 0 Å². The second-order valence-corrected chi connectivity index (χ2v) is 4.51. The van der Waals surface area contributed by atoms with E-state index in [0.29, 0.717) is 12.6 Å². The fraction of sp³-hybridized carbons (Fsp3) is 0.667. The van der Waals surface area contributed by atoms with Crippen LogP contribution in [-0.2, 0) is 6.54 Å². The number of nitrogens with zero attached hydrogens (tertiary/aromatic N) is 2. The van der Waals surface area contributed by atoms with Crippen LogP contribution in [0.15, 0.2) is 17.1 Å². The summed E-state index contributed by atoms with van der Waals surface area (Å²) in [6, 6.07) is 2.15. The maximum Gasteiger partial charge on any atom is 0.268 e. The van der Waals surface area contributed by atoms with Crippen LogP contribution in [0.1, 0.15) is 32.1 Å². The van der Waals surface area contributed by atoms with Crippen LogP contribution in [0.2, 0.25) is 0 Å². The van der Waals surface area contributed by atoms with Crippen molar-refractivity contribution in [1.29, 1.82) is 0 Å². The highest BCUT2D eigenvalue weighted by Crippen LogP contribution is 2.23. The van der Waals surface area contributed by atoms with E-state index >= 15 is 0 Å². The van der Waals surface area contributed by atoms with Gasteiger partial charge in [-0.2, -0.15) is 5.10 Å². The molecular weight excluding hydrogens is 218 g/mol. The smallest absolute Gasteiger partial charge is 0.268 e. The first-order valence-corrected chi connectivity index (χ1v) is 6.24. The molecule has 1 aliphatic carbocycles. The molecule has 0 atom stereocenters. The average molecular weight is 237 g/mol. The van der Waals surface area contributed by atoms with Gasteiger partial charge < -0.3 is 10.4 Å². The van der Waals surface area contributed by atoms with Crippen molar-refractivity contribution < 1.29 is 5.11 Å². The van der Waals surface area contributed by atoms with Crippen LogP contribution in [0.25, 0.3) is 0 Å². The van der Waals surface area contributed by atoms with Gasteiger partial charge in [-0.15, -0.1) is 0 Å². The summed E-state index contributed by atoms with van der Waals surface area (Å²) in [5, 5.41) is 16.0. The Kier molecular flexibility index (Phi) is 4.14. The zero-order valence-electron chi connectivity index (χ0n) is 9.93. The lowest BCUT2D eigenvalue weighted by atomic mass is 10.2. The predicted octanol–water partition coefficient (Wildman–Crippen LogP) is 0.980. The van der Waals surface area contributed by atoms with Gasteiger partial charge in [0.25, 0.3) is 5.56 Å². The van der Waals surface area contributed by atoms with Gasteiger partial charge in [-0.1, -0.05) is 0 Å². The molecule has 1 aliphatic rings. The van der Waals surface area contributed by atoms with Gasteiger partial charge in [-0.3, -0.25) is 4.79 Å². The van der Waals surface area contributed by atoms with Crippen LogP contribution in [0, 0.1) is 0 Å². The summed E-state index contributed by atoms with van der Waals surface area (Å²) in [6.45, 7) is 0.842. The molecule has 17 heavy (non-hydrogen) atoms. The van der Waals surface area contributed by atoms with Crippen molar-refractivity contribution in [3.63, 3.8) is 0 Å². The minimum atomic E-state index is -0.0559. The summed E-state index contributed by atoms with van der Waals surface area (Å²) in [4.78, 5) is 11.7. The zero-order chi connectivity index (χ0) is 12.1. The molecule has 5 heteroatoms. The highest BCUT2D eigenvalue weighted by molar-refractivity contribution is 5.41. The fourth-order valence-electron chi connectivity index (χ4n) is 1.69. The lowest BCUT2D eigenvalue weighted by molar-refractivity contribution is 0.281. The van der Waals surface area contributed by atoms with Crippen LogP contribution in [0.3, 0.4) is 0 Å². The summed E-state index contributed by atoms with van der Waals surface area (Å²) in [7, 11) is 0. The third kappa shape index (κ3) is 3.85. The Balaban J connectivity index is 1.87. The molecule has 94 valence electrons. The van der Waals surface area contributed by atoms with Crippen molar-refractivity contribution in [3.05, 3.63) is 22.6 Å². The van der Waals surface area contributed by atoms with Crippen LogP contribution >= 0.6 is 0 Å². The van der Waals surface area contributed by atoms with Crippen molar-refractivity contribution >= 4 is 5.69 Å². The van der Waals surface area contributed by atoms with Gasteiger partial charge in [0.2, 0.25) is 0 Å². The SMILES string of the molecule is O=c1cc(NC2CC2)cnn1CCCCCO. The highest BCUT2D eigenvalue weighted by atomic mass is 16.2. The molecule has 1 fully saturated rings. The summed E-state index contributed by atoms with van der Waals surface area (Å²) in [5.74, 6) is 0. The molecule has 1 aromatic rings. The number of hydrogen-bond acceptors (Lipinski definition) is 4. The topological polar surface area (TPSA) is 67.2 Å². The Morgan fingerprint density at radius 3 is 2.88 bits per heavy atom. The first-order chi connectivity index (χ1) is 8.29. The second-order valence-electron chi connectivity index (χ2n) is 4.51. The lowest BCUT2D eigenvalue weighted by Crippen LogP contribution is -2.23. The maximum atomic E-state index is 11.7. The number of aliphatic hydroxyl groups excluding tert-OH is 1. The van der Waals surface area contributed by atoms with Crippen molar-refractivity contribution in [1.82, 2.24) is 9.78 Å². The molecule has 0 amide bonds. The normalized spacial score (nSPS) is 14.9. The fourth-order valence-corrected chi connectivity index (χ4v) is 1.69. The summed E-state index contributed by atoms with van der Waals surface area (Å²) in [5.41, 5.74) is 0.767. The lowest BCUT2D eigenvalue weighted by Gasteiger charge is -2.06. The number of hydrogen-bond donors (Lipinski definition) is 2. The molecule has 2 rings (SSSR count). The van der Waals surface area contributed by atoms with Crippen molar-refractivity contribution in [2.24, 2.45) is 0 Å². The van der Waals surface area contributed by atoms with Gasteiger partial charge in [0, 0.05) is 25.3 Å². The third-order valence-corrected chi connectivity index (χ3v) is 2.85. The van der Waals surface area contributed by atoms with Gasteiger partial charge in [-0.05, 0) is 32.1 Å². The third-order valence-electron chi connectivity index (χ3n) is 2.85. The molecule has 0 aromatic carbocycles. The summed E-state index contributed by atoms with van der Waals surface area (Å²) < 4.78 is 1.48. The summed E-state index contributed by atoms with van der Waals surface area (Å²) >= 11 is 0. The number of aromatic nitrogens is 2. The van der Waals surface area contributed by atoms with Gasteiger partial charge >= 0.3 is 0 Å². The molecule has 0 radical (unpaired) electrons. The minimum Gasteiger partial charge on any atom is -0.396 e. The molecule has 5 nitrogen and oxygen atoms in total. The molecule has 0 aliphatic heterocycles. The van der Waals surface area contributed by atoms with Crippen molar-refractivity contribution in [3.8, 4) is 0 Å². The average Bonchev–Trinajstić information content (AvgIpc) is 3.11. The van der Waals surface area contributed by atoms with E-state index in [2.05, 4.69) is 10.4 Å². The number of aryl methyl sites for hydroxylation is 1. The molecule has 0 spiro atoms. The van der Waals surface area contributed by atoms with Gasteiger partial charge in [0.05, 0.1) is 11.9 Å². The zero-order valence-corrected chi connectivity index (χ0v) is 9.93. The number of anilines is 1. The number of nitrogens with one attached hydrogen (secondary N) is 1. The van der Waals surface area contributed by atoms with E-state index in [-0.39, 0.29) is 12.2 Å². The van der Waals surface area contributed by atoms with E-state index in [0.717, 1.165) is 24.9 Å². The van der Waals surface area contributed by atoms with E-state index in [1.54, 1.807) is 12.3 Å². The van der Waals surface area contributed by atoms with E-state index < -0.39 is 0 Å². The Bertz CT molecular complexity index is 412. The van der Waals surface area contributed by atoms with E-state index in [9.17, 15) is 4.79 Å². The standard InChI is InChI=1S/C12H19N3O2/c16-7-3-1-2-6-15-12(17)8-11(9-13-15)14-10-4-5-10/h8-10,14,16H,1-7H2. The Hall–Kier alpha value is -1.36. The molecule has 1 saturated carbocycles. The predicted molar refractivity (Wildman–Crippen MR) is 66.1 cm³/mol. The second kappa shape index (κ2) is 5.82. The molecule has 1 heterocycles. The molecule has 0 saturated heterocycles. The van der Waals surface area contributed by atoms with Crippen LogP contribution in [-0.4, -0.2) is 27.5 Å². The number of aliphatic hydroxyl groups is 1. The van der Waals surface area contributed by atoms with Gasteiger partial charge in [-0.25, -0.2) is 4.68 Å². The quantitative estimate of drug-likeness (QED) is 0.694. The van der Waals surface area contributed by atoms with Crippen molar-refractivity contribution in [2.75, 3.05) is 11.9 Å². The Morgan fingerprint density at radius 1 is 1.41 bits per heavy atom. The molecule has 0 unspecified atom stereocenters. The van der Waals surface area contributed by atoms with Crippen LogP contribution in [0.5, 0.6) is 0 Å². The molecule has 2 N–H and O–H groups in total. The first-order valence-electron chi connectivity index (χ1n) is 6.24. The molecular formula is C12H19N3O2. The summed E-state index contributed by atoms with van der Waals surface area (Å²) in [6.07, 6.45) is 6.67. The first kappa shape index (κ1) is 12.1. The largest absolute Gasteiger partial charge is 0.396 e.